The third-order valence-corrected chi connectivity index (χ3v) is 3.86. The molecule has 3 nitrogen and oxygen atoms in total. The van der Waals surface area contributed by atoms with Gasteiger partial charge in [-0.25, -0.2) is 4.39 Å². The highest BCUT2D eigenvalue weighted by Crippen LogP contribution is 2.31. The molecule has 0 aliphatic heterocycles. The van der Waals surface area contributed by atoms with Crippen molar-refractivity contribution in [3.05, 3.63) is 29.6 Å². The highest BCUT2D eigenvalue weighted by Gasteiger charge is 2.25. The molecule has 0 saturated heterocycles. The Morgan fingerprint density at radius 2 is 2.11 bits per heavy atom. The van der Waals surface area contributed by atoms with Crippen molar-refractivity contribution < 1.29 is 9.50 Å². The van der Waals surface area contributed by atoms with Gasteiger partial charge < -0.3 is 15.7 Å². The zero-order chi connectivity index (χ0) is 13.8. The number of nitrogens with two attached hydrogens (primary N) is 1. The van der Waals surface area contributed by atoms with Gasteiger partial charge >= 0.3 is 0 Å². The van der Waals surface area contributed by atoms with E-state index in [4.69, 9.17) is 18.0 Å². The molecule has 0 heterocycles. The maximum atomic E-state index is 13.9. The topological polar surface area (TPSA) is 49.5 Å². The number of anilines is 1. The standard InChI is InChI=1S/C14H19FN2OS/c15-11-6-3-7-12(13(11)14(16)19)17(8-9-18)10-4-1-2-5-10/h3,6-7,10,18H,1-2,4-5,8-9H2,(H2,16,19). The molecule has 0 radical (unpaired) electrons. The van der Waals surface area contributed by atoms with Crippen LogP contribution < -0.4 is 10.6 Å². The van der Waals surface area contributed by atoms with Crippen molar-refractivity contribution in [1.29, 1.82) is 0 Å². The van der Waals surface area contributed by atoms with E-state index < -0.39 is 5.82 Å². The van der Waals surface area contributed by atoms with Gasteiger partial charge in [-0.3, -0.25) is 0 Å². The second kappa shape index (κ2) is 6.30. The molecule has 1 aliphatic rings. The molecule has 3 N–H and O–H groups in total. The van der Waals surface area contributed by atoms with Gasteiger partial charge in [0.2, 0.25) is 0 Å². The highest BCUT2D eigenvalue weighted by atomic mass is 32.1. The highest BCUT2D eigenvalue weighted by molar-refractivity contribution is 7.80. The monoisotopic (exact) mass is 282 g/mol. The first kappa shape index (κ1) is 14.2. The van der Waals surface area contributed by atoms with E-state index in [0.29, 0.717) is 18.3 Å². The van der Waals surface area contributed by atoms with E-state index in [1.54, 1.807) is 6.07 Å². The number of nitrogens with zero attached hydrogens (tertiary/aromatic N) is 1. The average molecular weight is 282 g/mol. The van der Waals surface area contributed by atoms with Crippen LogP contribution >= 0.6 is 12.2 Å². The average Bonchev–Trinajstić information content (AvgIpc) is 2.88. The summed E-state index contributed by atoms with van der Waals surface area (Å²) in [5, 5.41) is 9.26. The number of hydrogen-bond donors (Lipinski definition) is 2. The minimum Gasteiger partial charge on any atom is -0.395 e. The second-order valence-corrected chi connectivity index (χ2v) is 5.29. The van der Waals surface area contributed by atoms with Crippen LogP contribution in [0.25, 0.3) is 0 Å². The van der Waals surface area contributed by atoms with E-state index in [2.05, 4.69) is 0 Å². The van der Waals surface area contributed by atoms with Gasteiger partial charge in [0.25, 0.3) is 0 Å². The van der Waals surface area contributed by atoms with Crippen molar-refractivity contribution in [2.24, 2.45) is 5.73 Å². The maximum absolute atomic E-state index is 13.9. The second-order valence-electron chi connectivity index (χ2n) is 4.85. The van der Waals surface area contributed by atoms with Crippen molar-refractivity contribution in [3.8, 4) is 0 Å². The molecule has 104 valence electrons. The van der Waals surface area contributed by atoms with Gasteiger partial charge in [-0.05, 0) is 25.0 Å². The normalized spacial score (nSPS) is 15.7. The van der Waals surface area contributed by atoms with E-state index in [-0.39, 0.29) is 17.2 Å². The Balaban J connectivity index is 2.40. The number of halogens is 1. The van der Waals surface area contributed by atoms with Gasteiger partial charge in [-0.15, -0.1) is 0 Å². The number of thiocarbonyl (C=S) groups is 1. The fourth-order valence-electron chi connectivity index (χ4n) is 2.82. The van der Waals surface area contributed by atoms with Crippen LogP contribution in [0, 0.1) is 5.82 Å². The fourth-order valence-corrected chi connectivity index (χ4v) is 3.02. The molecule has 1 fully saturated rings. The van der Waals surface area contributed by atoms with Gasteiger partial charge in [0, 0.05) is 12.6 Å². The molecule has 5 heteroatoms. The van der Waals surface area contributed by atoms with Crippen LogP contribution in [0.3, 0.4) is 0 Å². The van der Waals surface area contributed by atoms with Crippen LogP contribution in [0.2, 0.25) is 0 Å². The van der Waals surface area contributed by atoms with Crippen LogP contribution in [0.4, 0.5) is 10.1 Å². The number of hydrogen-bond acceptors (Lipinski definition) is 3. The Morgan fingerprint density at radius 3 is 2.68 bits per heavy atom. The molecular weight excluding hydrogens is 263 g/mol. The Kier molecular flexibility index (Phi) is 4.71. The number of aliphatic hydroxyl groups excluding tert-OH is 1. The Bertz CT molecular complexity index is 461. The number of rotatable bonds is 5. The summed E-state index contributed by atoms with van der Waals surface area (Å²) in [7, 11) is 0. The molecule has 0 aromatic heterocycles. The summed E-state index contributed by atoms with van der Waals surface area (Å²) in [5.74, 6) is -0.397. The summed E-state index contributed by atoms with van der Waals surface area (Å²) >= 11 is 4.96. The molecule has 0 spiro atoms. The molecule has 0 amide bonds. The molecule has 0 bridgehead atoms. The zero-order valence-corrected chi connectivity index (χ0v) is 11.6. The van der Waals surface area contributed by atoms with E-state index in [1.165, 1.54) is 18.9 Å². The largest absolute Gasteiger partial charge is 0.395 e. The predicted molar refractivity (Wildman–Crippen MR) is 79.0 cm³/mol. The third kappa shape index (κ3) is 3.04. The first-order valence-corrected chi connectivity index (χ1v) is 7.01. The molecule has 1 saturated carbocycles. The van der Waals surface area contributed by atoms with Crippen LogP contribution in [0.1, 0.15) is 31.2 Å². The molecule has 1 aromatic rings. The lowest BCUT2D eigenvalue weighted by molar-refractivity contribution is 0.297. The fraction of sp³-hybridized carbons (Fsp3) is 0.500. The zero-order valence-electron chi connectivity index (χ0n) is 10.8. The molecule has 19 heavy (non-hydrogen) atoms. The molecule has 0 unspecified atom stereocenters. The molecule has 1 aliphatic carbocycles. The molecular formula is C14H19FN2OS. The van der Waals surface area contributed by atoms with Gasteiger partial charge in [0.15, 0.2) is 0 Å². The van der Waals surface area contributed by atoms with Crippen molar-refractivity contribution in [2.75, 3.05) is 18.1 Å². The minimum atomic E-state index is -0.397. The maximum Gasteiger partial charge on any atom is 0.135 e. The first-order chi connectivity index (χ1) is 9.15. The summed E-state index contributed by atoms with van der Waals surface area (Å²) in [4.78, 5) is 2.11. The minimum absolute atomic E-state index is 0.0315. The quantitative estimate of drug-likeness (QED) is 0.813. The van der Waals surface area contributed by atoms with Crippen molar-refractivity contribution >= 4 is 22.9 Å². The van der Waals surface area contributed by atoms with E-state index in [0.717, 1.165) is 12.8 Å². The molecule has 0 atom stereocenters. The van der Waals surface area contributed by atoms with Gasteiger partial charge in [0.1, 0.15) is 10.8 Å². The van der Waals surface area contributed by atoms with Gasteiger partial charge in [-0.2, -0.15) is 0 Å². The van der Waals surface area contributed by atoms with E-state index in [1.807, 2.05) is 11.0 Å². The summed E-state index contributed by atoms with van der Waals surface area (Å²) in [6, 6.07) is 5.18. The third-order valence-electron chi connectivity index (χ3n) is 3.65. The van der Waals surface area contributed by atoms with Crippen molar-refractivity contribution in [3.63, 3.8) is 0 Å². The SMILES string of the molecule is NC(=S)c1c(F)cccc1N(CCO)C1CCCC1. The summed E-state index contributed by atoms with van der Waals surface area (Å²) in [6.45, 7) is 0.507. The van der Waals surface area contributed by atoms with Gasteiger partial charge in [-0.1, -0.05) is 31.1 Å². The van der Waals surface area contributed by atoms with E-state index in [9.17, 15) is 9.50 Å². The lowest BCUT2D eigenvalue weighted by Crippen LogP contribution is -2.37. The van der Waals surface area contributed by atoms with E-state index >= 15 is 0 Å². The molecule has 1 aromatic carbocycles. The summed E-state index contributed by atoms with van der Waals surface area (Å²) in [5.41, 5.74) is 6.64. The van der Waals surface area contributed by atoms with Crippen LogP contribution in [0.5, 0.6) is 0 Å². The lowest BCUT2D eigenvalue weighted by atomic mass is 10.1. The summed E-state index contributed by atoms with van der Waals surface area (Å²) in [6.07, 6.45) is 4.47. The smallest absolute Gasteiger partial charge is 0.135 e. The van der Waals surface area contributed by atoms with Crippen molar-refractivity contribution in [1.82, 2.24) is 0 Å². The predicted octanol–water partition coefficient (Wildman–Crippen LogP) is 2.20. The Hall–Kier alpha value is -1.20. The van der Waals surface area contributed by atoms with Crippen LogP contribution in [-0.4, -0.2) is 29.3 Å². The van der Waals surface area contributed by atoms with Crippen molar-refractivity contribution in [2.45, 2.75) is 31.7 Å². The number of aliphatic hydroxyl groups is 1. The summed E-state index contributed by atoms with van der Waals surface area (Å²) < 4.78 is 13.9. The Labute approximate surface area is 118 Å². The lowest BCUT2D eigenvalue weighted by Gasteiger charge is -2.32. The van der Waals surface area contributed by atoms with Crippen LogP contribution in [-0.2, 0) is 0 Å². The van der Waals surface area contributed by atoms with Crippen LogP contribution in [0.15, 0.2) is 18.2 Å². The molecule has 2 rings (SSSR count). The number of benzene rings is 1. The first-order valence-electron chi connectivity index (χ1n) is 6.61. The van der Waals surface area contributed by atoms with Gasteiger partial charge in [0.05, 0.1) is 17.9 Å². The Morgan fingerprint density at radius 1 is 1.42 bits per heavy atom.